The minimum Gasteiger partial charge on any atom is -0.360 e. The molecule has 0 saturated heterocycles. The van der Waals surface area contributed by atoms with Crippen LogP contribution in [0.1, 0.15) is 27.2 Å². The van der Waals surface area contributed by atoms with Crippen LogP contribution in [0.3, 0.4) is 0 Å². The quantitative estimate of drug-likeness (QED) is 0.322. The predicted molar refractivity (Wildman–Crippen MR) is 135 cm³/mol. The Balaban J connectivity index is 1.28. The van der Waals surface area contributed by atoms with Crippen molar-refractivity contribution in [3.05, 3.63) is 99.1 Å². The van der Waals surface area contributed by atoms with E-state index in [9.17, 15) is 18.4 Å². The Labute approximate surface area is 209 Å². The van der Waals surface area contributed by atoms with Gasteiger partial charge in [0.15, 0.2) is 11.6 Å². The van der Waals surface area contributed by atoms with Gasteiger partial charge in [0, 0.05) is 29.9 Å². The van der Waals surface area contributed by atoms with Crippen molar-refractivity contribution in [1.82, 2.24) is 29.9 Å². The highest BCUT2D eigenvalue weighted by Gasteiger charge is 2.21. The summed E-state index contributed by atoms with van der Waals surface area (Å²) in [6.45, 7) is 1.66. The van der Waals surface area contributed by atoms with E-state index >= 15 is 0 Å². The zero-order chi connectivity index (χ0) is 26.1. The van der Waals surface area contributed by atoms with Crippen LogP contribution in [-0.2, 0) is 13.6 Å². The van der Waals surface area contributed by atoms with Crippen LogP contribution in [0.5, 0.6) is 0 Å². The third-order valence-corrected chi connectivity index (χ3v) is 6.19. The SMILES string of the molecule is Cc1c(C(=O)NCC#Cc2ccc3c(-c4ccc[nH]4)n[nH]c3c2)c(=O)n(Cc2ccc(F)c(F)c2)n1C. The number of H-pyrrole nitrogens is 2. The van der Waals surface area contributed by atoms with Crippen molar-refractivity contribution >= 4 is 16.8 Å². The number of hydrogen-bond acceptors (Lipinski definition) is 3. The average Bonchev–Trinajstić information content (AvgIpc) is 3.60. The Morgan fingerprint density at radius 1 is 1.14 bits per heavy atom. The molecule has 5 aromatic rings. The lowest BCUT2D eigenvalue weighted by atomic mass is 10.1. The topological polar surface area (TPSA) is 100 Å². The summed E-state index contributed by atoms with van der Waals surface area (Å²) < 4.78 is 29.6. The molecule has 8 nitrogen and oxygen atoms in total. The Morgan fingerprint density at radius 3 is 2.73 bits per heavy atom. The number of carbonyl (C=O) groups excluding carboxylic acids is 1. The second kappa shape index (κ2) is 9.62. The number of amides is 1. The molecule has 0 aliphatic rings. The molecule has 3 aromatic heterocycles. The summed E-state index contributed by atoms with van der Waals surface area (Å²) in [7, 11) is 1.63. The van der Waals surface area contributed by atoms with Gasteiger partial charge in [-0.1, -0.05) is 17.9 Å². The maximum absolute atomic E-state index is 13.6. The lowest BCUT2D eigenvalue weighted by molar-refractivity contribution is 0.0956. The molecule has 186 valence electrons. The third-order valence-electron chi connectivity index (χ3n) is 6.19. The molecule has 3 heterocycles. The number of nitrogens with zero attached hydrogens (tertiary/aromatic N) is 3. The smallest absolute Gasteiger partial charge is 0.280 e. The summed E-state index contributed by atoms with van der Waals surface area (Å²) in [6.07, 6.45) is 1.84. The normalized spacial score (nSPS) is 10.9. The van der Waals surface area contributed by atoms with E-state index in [1.165, 1.54) is 15.4 Å². The van der Waals surface area contributed by atoms with Crippen LogP contribution in [0.25, 0.3) is 22.3 Å². The minimum absolute atomic E-state index is 0.0118. The number of benzene rings is 2. The van der Waals surface area contributed by atoms with Crippen LogP contribution in [-0.4, -0.2) is 37.0 Å². The van der Waals surface area contributed by atoms with Gasteiger partial charge in [0.05, 0.1) is 24.3 Å². The summed E-state index contributed by atoms with van der Waals surface area (Å²) >= 11 is 0. The standard InChI is InChI=1S/C27H22F2N6O2/c1-16-24(27(37)35(34(16)2)15-18-8-10-20(28)21(29)13-18)26(36)31-12-3-5-17-7-9-19-23(14-17)32-33-25(19)22-6-4-11-30-22/h4,6-11,13-14,30H,12,15H2,1-2H3,(H,31,36)(H,32,33). The van der Waals surface area contributed by atoms with Crippen LogP contribution >= 0.6 is 0 Å². The van der Waals surface area contributed by atoms with Crippen LogP contribution in [0.2, 0.25) is 0 Å². The summed E-state index contributed by atoms with van der Waals surface area (Å²) in [4.78, 5) is 28.8. The monoisotopic (exact) mass is 500 g/mol. The summed E-state index contributed by atoms with van der Waals surface area (Å²) in [5.41, 5.74) is 3.60. The summed E-state index contributed by atoms with van der Waals surface area (Å²) in [6, 6.07) is 13.0. The largest absolute Gasteiger partial charge is 0.360 e. The molecule has 0 saturated carbocycles. The molecule has 0 fully saturated rings. The van der Waals surface area contributed by atoms with Gasteiger partial charge < -0.3 is 10.3 Å². The molecule has 2 aromatic carbocycles. The number of rotatable bonds is 5. The van der Waals surface area contributed by atoms with E-state index in [1.807, 2.05) is 36.5 Å². The van der Waals surface area contributed by atoms with E-state index in [0.29, 0.717) is 11.3 Å². The second-order valence-corrected chi connectivity index (χ2v) is 8.50. The molecule has 0 atom stereocenters. The van der Waals surface area contributed by atoms with Gasteiger partial charge in [0.25, 0.3) is 11.5 Å². The Kier molecular flexibility index (Phi) is 6.19. The molecule has 1 amide bonds. The van der Waals surface area contributed by atoms with Gasteiger partial charge in [-0.3, -0.25) is 19.4 Å². The number of carbonyl (C=O) groups is 1. The first-order valence-electron chi connectivity index (χ1n) is 11.4. The lowest BCUT2D eigenvalue weighted by Crippen LogP contribution is -2.31. The Hall–Kier alpha value is -4.91. The van der Waals surface area contributed by atoms with E-state index < -0.39 is 23.1 Å². The van der Waals surface area contributed by atoms with Crippen molar-refractivity contribution in [2.45, 2.75) is 13.5 Å². The number of halogens is 2. The average molecular weight is 501 g/mol. The number of aromatic nitrogens is 5. The van der Waals surface area contributed by atoms with Gasteiger partial charge in [-0.05, 0) is 55.0 Å². The first-order valence-corrected chi connectivity index (χ1v) is 11.4. The number of hydrogen-bond donors (Lipinski definition) is 3. The zero-order valence-corrected chi connectivity index (χ0v) is 20.0. The number of nitrogens with one attached hydrogen (secondary N) is 3. The minimum atomic E-state index is -0.999. The van der Waals surface area contributed by atoms with Crippen molar-refractivity contribution in [2.75, 3.05) is 6.54 Å². The third kappa shape index (κ3) is 4.54. The second-order valence-electron chi connectivity index (χ2n) is 8.50. The molecule has 0 aliphatic carbocycles. The Morgan fingerprint density at radius 2 is 1.97 bits per heavy atom. The molecular weight excluding hydrogens is 478 g/mol. The van der Waals surface area contributed by atoms with Gasteiger partial charge >= 0.3 is 0 Å². The number of aromatic amines is 2. The molecule has 3 N–H and O–H groups in total. The van der Waals surface area contributed by atoms with Crippen LogP contribution < -0.4 is 10.9 Å². The van der Waals surface area contributed by atoms with E-state index in [-0.39, 0.29) is 18.7 Å². The first kappa shape index (κ1) is 23.8. The first-order chi connectivity index (χ1) is 17.8. The molecule has 0 radical (unpaired) electrons. The Bertz CT molecular complexity index is 1750. The fourth-order valence-electron chi connectivity index (χ4n) is 4.15. The molecule has 10 heteroatoms. The summed E-state index contributed by atoms with van der Waals surface area (Å²) in [5, 5.41) is 11.0. The molecule has 0 bridgehead atoms. The maximum Gasteiger partial charge on any atom is 0.280 e. The summed E-state index contributed by atoms with van der Waals surface area (Å²) in [5.74, 6) is 3.37. The van der Waals surface area contributed by atoms with Gasteiger partial charge in [-0.25, -0.2) is 13.5 Å². The lowest BCUT2D eigenvalue weighted by Gasteiger charge is -2.08. The molecule has 37 heavy (non-hydrogen) atoms. The van der Waals surface area contributed by atoms with Crippen molar-refractivity contribution in [2.24, 2.45) is 7.05 Å². The highest BCUT2D eigenvalue weighted by Crippen LogP contribution is 2.25. The highest BCUT2D eigenvalue weighted by molar-refractivity contribution is 5.95. The highest BCUT2D eigenvalue weighted by atomic mass is 19.2. The van der Waals surface area contributed by atoms with Crippen molar-refractivity contribution in [1.29, 1.82) is 0 Å². The van der Waals surface area contributed by atoms with Crippen molar-refractivity contribution < 1.29 is 13.6 Å². The fraction of sp³-hybridized carbons (Fsp3) is 0.148. The molecular formula is C27H22F2N6O2. The maximum atomic E-state index is 13.6. The van der Waals surface area contributed by atoms with Crippen molar-refractivity contribution in [3.63, 3.8) is 0 Å². The van der Waals surface area contributed by atoms with Gasteiger partial charge in [-0.15, -0.1) is 0 Å². The molecule has 0 unspecified atom stereocenters. The molecule has 0 spiro atoms. The molecule has 0 aliphatic heterocycles. The van der Waals surface area contributed by atoms with Gasteiger partial charge in [0.1, 0.15) is 11.3 Å². The van der Waals surface area contributed by atoms with Crippen LogP contribution in [0.4, 0.5) is 8.78 Å². The van der Waals surface area contributed by atoms with E-state index in [1.54, 1.807) is 14.0 Å². The zero-order valence-electron chi connectivity index (χ0n) is 20.0. The van der Waals surface area contributed by atoms with Crippen LogP contribution in [0.15, 0.2) is 59.5 Å². The van der Waals surface area contributed by atoms with Crippen LogP contribution in [0, 0.1) is 30.4 Å². The predicted octanol–water partition coefficient (Wildman–Crippen LogP) is 3.47. The van der Waals surface area contributed by atoms with Gasteiger partial charge in [-0.2, -0.15) is 5.10 Å². The van der Waals surface area contributed by atoms with E-state index in [0.717, 1.165) is 40.0 Å². The van der Waals surface area contributed by atoms with E-state index in [2.05, 4.69) is 32.3 Å². The van der Waals surface area contributed by atoms with Gasteiger partial charge in [0.2, 0.25) is 0 Å². The molecule has 5 rings (SSSR count). The number of fused-ring (bicyclic) bond motifs is 1. The van der Waals surface area contributed by atoms with E-state index in [4.69, 9.17) is 0 Å². The van der Waals surface area contributed by atoms with Crippen molar-refractivity contribution in [3.8, 4) is 23.2 Å². The fourth-order valence-corrected chi connectivity index (χ4v) is 4.15.